The molecule has 0 amide bonds. The van der Waals surface area contributed by atoms with Crippen molar-refractivity contribution in [2.24, 2.45) is 0 Å². The Hall–Kier alpha value is -0.570. The van der Waals surface area contributed by atoms with Crippen molar-refractivity contribution < 1.29 is 35.4 Å². The Labute approximate surface area is 67.1 Å². The van der Waals surface area contributed by atoms with Crippen molar-refractivity contribution in [2.75, 3.05) is 6.61 Å². The SMILES string of the molecule is O=C([C@@H](O)[C@H](O)CO)C(O)(O)O. The number of hydrogen-bond acceptors (Lipinski definition) is 7. The molecule has 0 aromatic carbocycles. The second-order valence-corrected chi connectivity index (χ2v) is 2.19. The number of rotatable bonds is 4. The monoisotopic (exact) mass is 182 g/mol. The van der Waals surface area contributed by atoms with E-state index in [1.54, 1.807) is 0 Å². The van der Waals surface area contributed by atoms with Crippen molar-refractivity contribution in [3.05, 3.63) is 0 Å². The first-order valence-electron chi connectivity index (χ1n) is 2.99. The minimum atomic E-state index is -3.70. The third-order valence-electron chi connectivity index (χ3n) is 1.15. The zero-order chi connectivity index (χ0) is 9.94. The number of carbonyl (C=O) groups is 1. The van der Waals surface area contributed by atoms with Gasteiger partial charge in [0.05, 0.1) is 6.61 Å². The maximum absolute atomic E-state index is 10.5. The predicted octanol–water partition coefficient (Wildman–Crippen LogP) is -4.10. The van der Waals surface area contributed by atoms with Gasteiger partial charge in [0, 0.05) is 0 Å². The van der Waals surface area contributed by atoms with E-state index in [1.807, 2.05) is 0 Å². The Morgan fingerprint density at radius 1 is 1.25 bits per heavy atom. The molecule has 0 spiro atoms. The zero-order valence-corrected chi connectivity index (χ0v) is 5.95. The Morgan fingerprint density at radius 3 is 1.92 bits per heavy atom. The normalized spacial score (nSPS) is 17.2. The fraction of sp³-hybridized carbons (Fsp3) is 0.800. The van der Waals surface area contributed by atoms with E-state index in [4.69, 9.17) is 30.6 Å². The fourth-order valence-corrected chi connectivity index (χ4v) is 0.473. The average molecular weight is 182 g/mol. The maximum Gasteiger partial charge on any atom is 0.342 e. The van der Waals surface area contributed by atoms with Crippen LogP contribution in [0.5, 0.6) is 0 Å². The fourth-order valence-electron chi connectivity index (χ4n) is 0.473. The summed E-state index contributed by atoms with van der Waals surface area (Å²) >= 11 is 0. The molecule has 7 nitrogen and oxygen atoms in total. The summed E-state index contributed by atoms with van der Waals surface area (Å²) in [5, 5.41) is 50.1. The van der Waals surface area contributed by atoms with Crippen LogP contribution in [0.25, 0.3) is 0 Å². The topological polar surface area (TPSA) is 138 Å². The number of ketones is 1. The smallest absolute Gasteiger partial charge is 0.342 e. The molecular formula is C5H10O7. The molecule has 0 aromatic heterocycles. The number of hydrogen-bond donors (Lipinski definition) is 6. The first kappa shape index (κ1) is 11.4. The molecule has 0 aromatic rings. The highest BCUT2D eigenvalue weighted by atomic mass is 16.7. The summed E-state index contributed by atoms with van der Waals surface area (Å²) in [4.78, 5) is 10.5. The van der Waals surface area contributed by atoms with Gasteiger partial charge in [-0.1, -0.05) is 0 Å². The maximum atomic E-state index is 10.5. The first-order valence-corrected chi connectivity index (χ1v) is 2.99. The predicted molar refractivity (Wildman–Crippen MR) is 33.5 cm³/mol. The molecular weight excluding hydrogens is 172 g/mol. The molecule has 0 rings (SSSR count). The highest BCUT2D eigenvalue weighted by molar-refractivity contribution is 5.88. The van der Waals surface area contributed by atoms with Gasteiger partial charge < -0.3 is 30.6 Å². The molecule has 0 aliphatic heterocycles. The standard InChI is InChI=1S/C5H10O7/c6-1-2(7)3(8)4(9)5(10,11)12/h2-3,6-8,10-12H,1H2/t2-,3+/m1/s1. The number of Topliss-reactive ketones (excluding diaryl/α,β-unsaturated/α-hetero) is 1. The molecule has 0 unspecified atom stereocenters. The first-order chi connectivity index (χ1) is 5.30. The molecule has 0 heterocycles. The largest absolute Gasteiger partial charge is 0.394 e. The molecule has 2 atom stereocenters. The van der Waals surface area contributed by atoms with Crippen LogP contribution in [0.4, 0.5) is 0 Å². The van der Waals surface area contributed by atoms with Crippen LogP contribution in [0.15, 0.2) is 0 Å². The number of aliphatic hydroxyl groups excluding tert-OH is 3. The van der Waals surface area contributed by atoms with E-state index in [0.29, 0.717) is 0 Å². The number of carbonyl (C=O) groups excluding carboxylic acids is 1. The summed E-state index contributed by atoms with van der Waals surface area (Å²) in [5.41, 5.74) is 0. The van der Waals surface area contributed by atoms with E-state index in [-0.39, 0.29) is 0 Å². The van der Waals surface area contributed by atoms with E-state index in [2.05, 4.69) is 0 Å². The lowest BCUT2D eigenvalue weighted by atomic mass is 10.1. The van der Waals surface area contributed by atoms with E-state index in [9.17, 15) is 4.79 Å². The molecule has 12 heavy (non-hydrogen) atoms. The molecule has 72 valence electrons. The highest BCUT2D eigenvalue weighted by Gasteiger charge is 2.38. The van der Waals surface area contributed by atoms with E-state index < -0.39 is 30.6 Å². The lowest BCUT2D eigenvalue weighted by Crippen LogP contribution is -2.50. The van der Waals surface area contributed by atoms with Gasteiger partial charge in [-0.3, -0.25) is 4.79 Å². The minimum Gasteiger partial charge on any atom is -0.394 e. The van der Waals surface area contributed by atoms with E-state index in [1.165, 1.54) is 0 Å². The zero-order valence-electron chi connectivity index (χ0n) is 5.95. The summed E-state index contributed by atoms with van der Waals surface area (Å²) in [5.74, 6) is -5.50. The van der Waals surface area contributed by atoms with Crippen molar-refractivity contribution in [1.29, 1.82) is 0 Å². The van der Waals surface area contributed by atoms with Gasteiger partial charge in [-0.25, -0.2) is 0 Å². The molecule has 0 aliphatic rings. The quantitative estimate of drug-likeness (QED) is 0.243. The summed E-state index contributed by atoms with van der Waals surface area (Å²) in [6.45, 7) is -0.941. The van der Waals surface area contributed by atoms with Gasteiger partial charge in [-0.15, -0.1) is 0 Å². The van der Waals surface area contributed by atoms with Crippen LogP contribution in [0.2, 0.25) is 0 Å². The molecule has 0 bridgehead atoms. The van der Waals surface area contributed by atoms with Crippen LogP contribution >= 0.6 is 0 Å². The third-order valence-corrected chi connectivity index (χ3v) is 1.15. The van der Waals surface area contributed by atoms with Gasteiger partial charge in [-0.2, -0.15) is 0 Å². The van der Waals surface area contributed by atoms with Gasteiger partial charge in [0.15, 0.2) is 0 Å². The van der Waals surface area contributed by atoms with Crippen LogP contribution in [-0.4, -0.2) is 61.2 Å². The lowest BCUT2D eigenvalue weighted by Gasteiger charge is -2.19. The van der Waals surface area contributed by atoms with Crippen molar-refractivity contribution in [3.63, 3.8) is 0 Å². The Bertz CT molecular complexity index is 160. The van der Waals surface area contributed by atoms with E-state index >= 15 is 0 Å². The van der Waals surface area contributed by atoms with E-state index in [0.717, 1.165) is 0 Å². The van der Waals surface area contributed by atoms with Crippen LogP contribution in [-0.2, 0) is 4.79 Å². The van der Waals surface area contributed by atoms with Crippen molar-refractivity contribution in [3.8, 4) is 0 Å². The van der Waals surface area contributed by atoms with Crippen LogP contribution in [0, 0.1) is 0 Å². The molecule has 6 N–H and O–H groups in total. The molecule has 0 saturated heterocycles. The van der Waals surface area contributed by atoms with Crippen LogP contribution < -0.4 is 0 Å². The Kier molecular flexibility index (Phi) is 3.71. The van der Waals surface area contributed by atoms with Gasteiger partial charge >= 0.3 is 5.97 Å². The Balaban J connectivity index is 4.30. The molecule has 0 aliphatic carbocycles. The third kappa shape index (κ3) is 2.81. The molecule has 0 saturated carbocycles. The van der Waals surface area contributed by atoms with Crippen LogP contribution in [0.1, 0.15) is 0 Å². The van der Waals surface area contributed by atoms with Gasteiger partial charge in [0.2, 0.25) is 0 Å². The highest BCUT2D eigenvalue weighted by Crippen LogP contribution is 2.03. The average Bonchev–Trinajstić information content (AvgIpc) is 1.98. The number of aliphatic hydroxyl groups is 6. The summed E-state index contributed by atoms with van der Waals surface area (Å²) < 4.78 is 0. The summed E-state index contributed by atoms with van der Waals surface area (Å²) in [6, 6.07) is 0. The van der Waals surface area contributed by atoms with Gasteiger partial charge in [-0.05, 0) is 0 Å². The second kappa shape index (κ2) is 3.90. The van der Waals surface area contributed by atoms with Crippen molar-refractivity contribution >= 4 is 5.78 Å². The van der Waals surface area contributed by atoms with Crippen LogP contribution in [0.3, 0.4) is 0 Å². The summed E-state index contributed by atoms with van der Waals surface area (Å²) in [7, 11) is 0. The minimum absolute atomic E-state index is 0.941. The molecule has 0 fully saturated rings. The summed E-state index contributed by atoms with van der Waals surface area (Å²) in [6.07, 6.45) is -4.10. The van der Waals surface area contributed by atoms with Gasteiger partial charge in [0.1, 0.15) is 12.2 Å². The lowest BCUT2D eigenvalue weighted by molar-refractivity contribution is -0.293. The Morgan fingerprint density at radius 2 is 1.67 bits per heavy atom. The molecule has 0 radical (unpaired) electrons. The van der Waals surface area contributed by atoms with Gasteiger partial charge in [0.25, 0.3) is 5.78 Å². The van der Waals surface area contributed by atoms with Crippen molar-refractivity contribution in [1.82, 2.24) is 0 Å². The second-order valence-electron chi connectivity index (χ2n) is 2.19. The van der Waals surface area contributed by atoms with Crippen molar-refractivity contribution in [2.45, 2.75) is 18.2 Å². The molecule has 7 heteroatoms.